The largest absolute Gasteiger partial charge is 0.347 e. The SMILES string of the molecule is CCNC(Cn1cc(C)cnc1=O)C(C)C. The van der Waals surface area contributed by atoms with E-state index in [1.165, 1.54) is 0 Å². The summed E-state index contributed by atoms with van der Waals surface area (Å²) in [7, 11) is 0. The van der Waals surface area contributed by atoms with Gasteiger partial charge in [0, 0.05) is 25.0 Å². The molecule has 0 fully saturated rings. The van der Waals surface area contributed by atoms with E-state index in [0.717, 1.165) is 12.1 Å². The quantitative estimate of drug-likeness (QED) is 0.815. The number of aryl methyl sites for hydroxylation is 1. The molecular formula is C12H21N3O. The van der Waals surface area contributed by atoms with Gasteiger partial charge in [0.1, 0.15) is 0 Å². The van der Waals surface area contributed by atoms with Crippen LogP contribution in [0, 0.1) is 12.8 Å². The van der Waals surface area contributed by atoms with Crippen LogP contribution in [0.5, 0.6) is 0 Å². The van der Waals surface area contributed by atoms with Crippen LogP contribution in [0.3, 0.4) is 0 Å². The molecule has 1 unspecified atom stereocenters. The molecule has 0 saturated carbocycles. The average molecular weight is 223 g/mol. The Morgan fingerprint density at radius 2 is 2.19 bits per heavy atom. The summed E-state index contributed by atoms with van der Waals surface area (Å²) in [6.45, 7) is 9.92. The van der Waals surface area contributed by atoms with Crippen LogP contribution in [0.15, 0.2) is 17.2 Å². The highest BCUT2D eigenvalue weighted by molar-refractivity contribution is 5.00. The van der Waals surface area contributed by atoms with Crippen LogP contribution in [0.2, 0.25) is 0 Å². The minimum absolute atomic E-state index is 0.172. The van der Waals surface area contributed by atoms with E-state index in [9.17, 15) is 4.79 Å². The molecule has 4 nitrogen and oxygen atoms in total. The van der Waals surface area contributed by atoms with Gasteiger partial charge in [-0.05, 0) is 24.9 Å². The molecule has 0 spiro atoms. The van der Waals surface area contributed by atoms with Crippen molar-refractivity contribution < 1.29 is 0 Å². The topological polar surface area (TPSA) is 46.9 Å². The van der Waals surface area contributed by atoms with Crippen molar-refractivity contribution in [3.8, 4) is 0 Å². The van der Waals surface area contributed by atoms with Gasteiger partial charge in [-0.2, -0.15) is 0 Å². The van der Waals surface area contributed by atoms with Crippen LogP contribution in [-0.2, 0) is 6.54 Å². The number of hydrogen-bond acceptors (Lipinski definition) is 3. The van der Waals surface area contributed by atoms with Crippen molar-refractivity contribution in [1.82, 2.24) is 14.9 Å². The molecule has 1 aromatic rings. The van der Waals surface area contributed by atoms with E-state index in [4.69, 9.17) is 0 Å². The Kier molecular flexibility index (Phi) is 4.68. The first-order valence-corrected chi connectivity index (χ1v) is 5.81. The Morgan fingerprint density at radius 1 is 1.50 bits per heavy atom. The predicted octanol–water partition coefficient (Wildman–Crippen LogP) is 1.19. The summed E-state index contributed by atoms with van der Waals surface area (Å²) in [5, 5.41) is 3.39. The van der Waals surface area contributed by atoms with Crippen LogP contribution < -0.4 is 11.0 Å². The molecule has 4 heteroatoms. The molecular weight excluding hydrogens is 202 g/mol. The van der Waals surface area contributed by atoms with Crippen molar-refractivity contribution in [2.75, 3.05) is 6.54 Å². The molecule has 0 aliphatic carbocycles. The zero-order chi connectivity index (χ0) is 12.1. The lowest BCUT2D eigenvalue weighted by Crippen LogP contribution is -2.40. The lowest BCUT2D eigenvalue weighted by Gasteiger charge is -2.22. The van der Waals surface area contributed by atoms with Gasteiger partial charge in [0.25, 0.3) is 0 Å². The highest BCUT2D eigenvalue weighted by atomic mass is 16.1. The van der Waals surface area contributed by atoms with Crippen molar-refractivity contribution in [3.63, 3.8) is 0 Å². The van der Waals surface area contributed by atoms with Crippen LogP contribution in [0.1, 0.15) is 26.3 Å². The normalized spacial score (nSPS) is 13.1. The Hall–Kier alpha value is -1.16. The zero-order valence-corrected chi connectivity index (χ0v) is 10.5. The Labute approximate surface area is 96.7 Å². The predicted molar refractivity (Wildman–Crippen MR) is 65.5 cm³/mol. The molecule has 0 aliphatic heterocycles. The van der Waals surface area contributed by atoms with Crippen molar-refractivity contribution in [2.24, 2.45) is 5.92 Å². The summed E-state index contributed by atoms with van der Waals surface area (Å²) in [6.07, 6.45) is 3.47. The van der Waals surface area contributed by atoms with E-state index in [-0.39, 0.29) is 5.69 Å². The molecule has 0 bridgehead atoms. The molecule has 0 amide bonds. The van der Waals surface area contributed by atoms with Gasteiger partial charge in [0.2, 0.25) is 0 Å². The molecule has 90 valence electrons. The summed E-state index contributed by atoms with van der Waals surface area (Å²) in [5.41, 5.74) is 0.841. The van der Waals surface area contributed by atoms with Crippen molar-refractivity contribution in [2.45, 2.75) is 40.3 Å². The third kappa shape index (κ3) is 3.45. The molecule has 1 atom stereocenters. The number of hydrogen-bond donors (Lipinski definition) is 1. The number of aromatic nitrogens is 2. The van der Waals surface area contributed by atoms with E-state index in [1.807, 2.05) is 13.1 Å². The minimum Gasteiger partial charge on any atom is -0.312 e. The number of rotatable bonds is 5. The van der Waals surface area contributed by atoms with E-state index in [0.29, 0.717) is 18.5 Å². The maximum Gasteiger partial charge on any atom is 0.347 e. The lowest BCUT2D eigenvalue weighted by atomic mass is 10.0. The van der Waals surface area contributed by atoms with Crippen LogP contribution in [0.4, 0.5) is 0 Å². The first-order chi connectivity index (χ1) is 7.54. The summed E-state index contributed by atoms with van der Waals surface area (Å²) in [4.78, 5) is 15.4. The summed E-state index contributed by atoms with van der Waals surface area (Å²) in [5.74, 6) is 0.493. The van der Waals surface area contributed by atoms with Gasteiger partial charge < -0.3 is 5.32 Å². The molecule has 1 heterocycles. The third-order valence-corrected chi connectivity index (χ3v) is 2.65. The summed E-state index contributed by atoms with van der Waals surface area (Å²) in [6, 6.07) is 0.311. The zero-order valence-electron chi connectivity index (χ0n) is 10.5. The molecule has 1 rings (SSSR count). The number of nitrogens with one attached hydrogen (secondary N) is 1. The van der Waals surface area contributed by atoms with Gasteiger partial charge in [-0.25, -0.2) is 9.78 Å². The average Bonchev–Trinajstić information content (AvgIpc) is 2.22. The highest BCUT2D eigenvalue weighted by Crippen LogP contribution is 2.04. The number of nitrogens with zero attached hydrogens (tertiary/aromatic N) is 2. The fraction of sp³-hybridized carbons (Fsp3) is 0.667. The molecule has 0 radical (unpaired) electrons. The van der Waals surface area contributed by atoms with Crippen molar-refractivity contribution in [3.05, 3.63) is 28.4 Å². The maximum absolute atomic E-state index is 11.6. The smallest absolute Gasteiger partial charge is 0.312 e. The van der Waals surface area contributed by atoms with Gasteiger partial charge in [0.05, 0.1) is 0 Å². The summed E-state index contributed by atoms with van der Waals surface area (Å²) >= 11 is 0. The molecule has 0 aliphatic rings. The first-order valence-electron chi connectivity index (χ1n) is 5.81. The Bertz CT molecular complexity index is 384. The van der Waals surface area contributed by atoms with Crippen LogP contribution in [0.25, 0.3) is 0 Å². The Balaban J connectivity index is 2.84. The minimum atomic E-state index is -0.172. The van der Waals surface area contributed by atoms with E-state index in [2.05, 4.69) is 31.1 Å². The summed E-state index contributed by atoms with van der Waals surface area (Å²) < 4.78 is 1.68. The second kappa shape index (κ2) is 5.80. The number of likely N-dealkylation sites (N-methyl/N-ethyl adjacent to an activating group) is 1. The first kappa shape index (κ1) is 12.9. The third-order valence-electron chi connectivity index (χ3n) is 2.65. The maximum atomic E-state index is 11.6. The second-order valence-corrected chi connectivity index (χ2v) is 4.47. The van der Waals surface area contributed by atoms with E-state index < -0.39 is 0 Å². The molecule has 1 N–H and O–H groups in total. The van der Waals surface area contributed by atoms with Gasteiger partial charge in [0.15, 0.2) is 0 Å². The van der Waals surface area contributed by atoms with Gasteiger partial charge >= 0.3 is 5.69 Å². The standard InChI is InChI=1S/C12H21N3O/c1-5-13-11(9(2)3)8-15-7-10(4)6-14-12(15)16/h6-7,9,11,13H,5,8H2,1-4H3. The fourth-order valence-electron chi connectivity index (χ4n) is 1.68. The molecule has 1 aromatic heterocycles. The van der Waals surface area contributed by atoms with Crippen LogP contribution in [-0.4, -0.2) is 22.1 Å². The van der Waals surface area contributed by atoms with Crippen LogP contribution >= 0.6 is 0 Å². The van der Waals surface area contributed by atoms with E-state index in [1.54, 1.807) is 10.8 Å². The van der Waals surface area contributed by atoms with Crippen molar-refractivity contribution >= 4 is 0 Å². The second-order valence-electron chi connectivity index (χ2n) is 4.47. The van der Waals surface area contributed by atoms with E-state index >= 15 is 0 Å². The fourth-order valence-corrected chi connectivity index (χ4v) is 1.68. The highest BCUT2D eigenvalue weighted by Gasteiger charge is 2.13. The van der Waals surface area contributed by atoms with Crippen molar-refractivity contribution in [1.29, 1.82) is 0 Å². The molecule has 16 heavy (non-hydrogen) atoms. The van der Waals surface area contributed by atoms with Gasteiger partial charge in [-0.3, -0.25) is 4.57 Å². The molecule has 0 aromatic carbocycles. The Morgan fingerprint density at radius 3 is 2.75 bits per heavy atom. The van der Waals surface area contributed by atoms with Gasteiger partial charge in [-0.15, -0.1) is 0 Å². The monoisotopic (exact) mass is 223 g/mol. The lowest BCUT2D eigenvalue weighted by molar-refractivity contribution is 0.356. The van der Waals surface area contributed by atoms with Gasteiger partial charge in [-0.1, -0.05) is 20.8 Å². The molecule has 0 saturated heterocycles.